The van der Waals surface area contributed by atoms with Crippen molar-refractivity contribution >= 4 is 32.2 Å². The summed E-state index contributed by atoms with van der Waals surface area (Å²) in [6.45, 7) is 1.87. The van der Waals surface area contributed by atoms with Gasteiger partial charge in [-0.15, -0.1) is 0 Å². The van der Waals surface area contributed by atoms with Gasteiger partial charge in [0.2, 0.25) is 0 Å². The van der Waals surface area contributed by atoms with Gasteiger partial charge in [-0.3, -0.25) is 0 Å². The summed E-state index contributed by atoms with van der Waals surface area (Å²) in [5, 5.41) is 5.28. The van der Waals surface area contributed by atoms with E-state index in [0.29, 0.717) is 18.7 Å². The first-order valence-corrected chi connectivity index (χ1v) is 17.1. The molecule has 3 aromatic carbocycles. The van der Waals surface area contributed by atoms with Crippen LogP contribution in [0.25, 0.3) is 0 Å². The molecule has 0 saturated carbocycles. The van der Waals surface area contributed by atoms with Crippen LogP contribution in [0.3, 0.4) is 0 Å². The van der Waals surface area contributed by atoms with Crippen LogP contribution in [-0.2, 0) is 21.2 Å². The van der Waals surface area contributed by atoms with Crippen molar-refractivity contribution in [3.05, 3.63) is 95.6 Å². The van der Waals surface area contributed by atoms with E-state index in [0.717, 1.165) is 36.0 Å². The van der Waals surface area contributed by atoms with E-state index in [4.69, 9.17) is 9.47 Å². The minimum atomic E-state index is -0.985. The minimum absolute atomic E-state index is 0.0168. The number of methoxy groups -OCH3 is 1. The molecule has 196 valence electrons. The molecule has 37 heavy (non-hydrogen) atoms. The zero-order valence-corrected chi connectivity index (χ0v) is 23.9. The number of amides is 1. The number of nitrogens with one attached hydrogen (secondary N) is 1. The van der Waals surface area contributed by atoms with Gasteiger partial charge in [0.15, 0.2) is 0 Å². The number of nitrogens with zero attached hydrogens (tertiary/aromatic N) is 1. The standard InChI is InChI=1S/C30H37AsN2O4/c1-31(22-25-10-12-26(13-11-25)30(35)36-3)19-7-20-33(2)23-29(34)32-27-14-16-28(17-15-27)37-21-18-24-8-5-4-6-9-24/h4-6,8-17H,7,18-23H2,1-3H3,(H,32,34). The number of likely N-dealkylation sites (N-methyl/N-ethyl adjacent to an activating group) is 1. The number of carbonyl (C=O) groups is 2. The topological polar surface area (TPSA) is 67.9 Å². The number of ether oxygens (including phenoxy) is 2. The van der Waals surface area contributed by atoms with Crippen molar-refractivity contribution in [2.24, 2.45) is 0 Å². The molecule has 1 N–H and O–H groups in total. The van der Waals surface area contributed by atoms with E-state index in [-0.39, 0.29) is 11.9 Å². The molecule has 6 nitrogen and oxygen atoms in total. The number of esters is 1. The maximum atomic E-state index is 12.5. The molecule has 7 heteroatoms. The van der Waals surface area contributed by atoms with Gasteiger partial charge in [-0.2, -0.15) is 0 Å². The van der Waals surface area contributed by atoms with Crippen LogP contribution in [0.15, 0.2) is 78.9 Å². The Balaban J connectivity index is 1.30. The number of carbonyl (C=O) groups excluding carboxylic acids is 2. The Hall–Kier alpha value is -3.08. The fourth-order valence-electron chi connectivity index (χ4n) is 3.96. The third-order valence-corrected chi connectivity index (χ3v) is 10.1. The average Bonchev–Trinajstić information content (AvgIpc) is 2.90. The van der Waals surface area contributed by atoms with Gasteiger partial charge >= 0.3 is 177 Å². The molecule has 3 rings (SSSR count). The first-order valence-electron chi connectivity index (χ1n) is 12.5. The summed E-state index contributed by atoms with van der Waals surface area (Å²) in [6.07, 6.45) is 1.94. The molecule has 0 aromatic heterocycles. The molecule has 0 radical (unpaired) electrons. The van der Waals surface area contributed by atoms with Crippen molar-refractivity contribution in [3.8, 4) is 5.75 Å². The van der Waals surface area contributed by atoms with Crippen molar-refractivity contribution in [2.75, 3.05) is 39.2 Å². The second-order valence-corrected chi connectivity index (χ2v) is 14.4. The van der Waals surface area contributed by atoms with E-state index in [9.17, 15) is 9.59 Å². The zero-order chi connectivity index (χ0) is 26.5. The molecule has 1 unspecified atom stereocenters. The monoisotopic (exact) mass is 564 g/mol. The third-order valence-electron chi connectivity index (χ3n) is 5.96. The molecule has 0 saturated heterocycles. The Labute approximate surface area is 225 Å². The Kier molecular flexibility index (Phi) is 11.7. The van der Waals surface area contributed by atoms with Crippen LogP contribution >= 0.6 is 0 Å². The van der Waals surface area contributed by atoms with E-state index in [2.05, 4.69) is 28.1 Å². The summed E-state index contributed by atoms with van der Waals surface area (Å²) in [5.41, 5.74) is 6.26. The average molecular weight is 565 g/mol. The Bertz CT molecular complexity index is 1100. The van der Waals surface area contributed by atoms with E-state index < -0.39 is 14.7 Å². The van der Waals surface area contributed by atoms with Crippen molar-refractivity contribution < 1.29 is 19.1 Å². The summed E-state index contributed by atoms with van der Waals surface area (Å²) < 4.78 is 10.6. The van der Waals surface area contributed by atoms with Gasteiger partial charge in [-0.25, -0.2) is 0 Å². The van der Waals surface area contributed by atoms with Gasteiger partial charge in [0, 0.05) is 6.42 Å². The van der Waals surface area contributed by atoms with Crippen molar-refractivity contribution in [2.45, 2.75) is 29.0 Å². The quantitative estimate of drug-likeness (QED) is 0.214. The SMILES string of the molecule is COC(=O)c1ccc(C[As](C)CCCN(C)CC(=O)Nc2ccc(OCCc3ccccc3)cc2)cc1. The second-order valence-electron chi connectivity index (χ2n) is 9.17. The van der Waals surface area contributed by atoms with Crippen LogP contribution in [0, 0.1) is 0 Å². The molecule has 3 aromatic rings. The Morgan fingerprint density at radius 2 is 1.62 bits per heavy atom. The van der Waals surface area contributed by atoms with Gasteiger partial charge in [-0.1, -0.05) is 30.3 Å². The van der Waals surface area contributed by atoms with Gasteiger partial charge in [0.05, 0.1) is 6.61 Å². The first kappa shape index (κ1) is 28.5. The molecule has 1 atom stereocenters. The summed E-state index contributed by atoms with van der Waals surface area (Å²) in [7, 11) is 3.38. The molecule has 0 aliphatic heterocycles. The number of benzene rings is 3. The number of hydrogen-bond acceptors (Lipinski definition) is 5. The first-order chi connectivity index (χ1) is 17.9. The van der Waals surface area contributed by atoms with Crippen molar-refractivity contribution in [1.29, 1.82) is 0 Å². The van der Waals surface area contributed by atoms with Crippen LogP contribution < -0.4 is 10.1 Å². The molecular weight excluding hydrogens is 527 g/mol. The van der Waals surface area contributed by atoms with E-state index in [1.54, 1.807) is 0 Å². The Morgan fingerprint density at radius 1 is 0.919 bits per heavy atom. The molecule has 0 heterocycles. The van der Waals surface area contributed by atoms with E-state index in [1.807, 2.05) is 73.8 Å². The van der Waals surface area contributed by atoms with E-state index >= 15 is 0 Å². The van der Waals surface area contributed by atoms with Crippen LogP contribution in [0.4, 0.5) is 5.69 Å². The zero-order valence-electron chi connectivity index (χ0n) is 22.0. The van der Waals surface area contributed by atoms with Crippen LogP contribution in [0.1, 0.15) is 27.9 Å². The fourth-order valence-corrected chi connectivity index (χ4v) is 7.47. The summed E-state index contributed by atoms with van der Waals surface area (Å²) in [6, 6.07) is 25.5. The van der Waals surface area contributed by atoms with Crippen LogP contribution in [0.2, 0.25) is 10.9 Å². The predicted octanol–water partition coefficient (Wildman–Crippen LogP) is 5.26. The number of hydrogen-bond donors (Lipinski definition) is 1. The molecular formula is C30H37AsN2O4. The molecule has 1 amide bonds. The fraction of sp³-hybridized carbons (Fsp3) is 0.333. The third kappa shape index (κ3) is 10.4. The van der Waals surface area contributed by atoms with E-state index in [1.165, 1.54) is 23.4 Å². The van der Waals surface area contributed by atoms with Gasteiger partial charge < -0.3 is 0 Å². The van der Waals surface area contributed by atoms with Crippen LogP contribution in [0.5, 0.6) is 5.75 Å². The van der Waals surface area contributed by atoms with Crippen molar-refractivity contribution in [3.63, 3.8) is 0 Å². The van der Waals surface area contributed by atoms with Gasteiger partial charge in [0.25, 0.3) is 0 Å². The van der Waals surface area contributed by atoms with Crippen LogP contribution in [-0.4, -0.2) is 65.3 Å². The molecule has 0 bridgehead atoms. The number of rotatable bonds is 14. The van der Waals surface area contributed by atoms with Crippen molar-refractivity contribution in [1.82, 2.24) is 4.90 Å². The Morgan fingerprint density at radius 3 is 2.30 bits per heavy atom. The maximum absolute atomic E-state index is 12.5. The normalized spacial score (nSPS) is 11.7. The summed E-state index contributed by atoms with van der Waals surface area (Å²) in [5.74, 6) is 0.478. The molecule has 0 aliphatic rings. The molecule has 0 spiro atoms. The van der Waals surface area contributed by atoms with Gasteiger partial charge in [0.1, 0.15) is 0 Å². The predicted molar refractivity (Wildman–Crippen MR) is 151 cm³/mol. The molecule has 0 aliphatic carbocycles. The van der Waals surface area contributed by atoms with Gasteiger partial charge in [-0.05, 0) is 5.56 Å². The summed E-state index contributed by atoms with van der Waals surface area (Å²) in [4.78, 5) is 26.1. The number of anilines is 1. The summed E-state index contributed by atoms with van der Waals surface area (Å²) >= 11 is -0.985. The second kappa shape index (κ2) is 15.2. The molecule has 0 fully saturated rings.